The third kappa shape index (κ3) is 4.46. The molecule has 1 aromatic carbocycles. The van der Waals surface area contributed by atoms with Crippen molar-refractivity contribution in [3.05, 3.63) is 56.4 Å². The first-order chi connectivity index (χ1) is 14.1. The van der Waals surface area contributed by atoms with Gasteiger partial charge in [0.25, 0.3) is 5.56 Å². The van der Waals surface area contributed by atoms with Crippen molar-refractivity contribution in [2.75, 3.05) is 13.2 Å². The zero-order chi connectivity index (χ0) is 20.2. The van der Waals surface area contributed by atoms with Crippen LogP contribution in [0.1, 0.15) is 29.7 Å². The number of halogens is 1. The zero-order valence-electron chi connectivity index (χ0n) is 15.9. The van der Waals surface area contributed by atoms with Gasteiger partial charge in [0.05, 0.1) is 23.2 Å². The molecule has 8 heteroatoms. The fourth-order valence-electron chi connectivity index (χ4n) is 3.49. The molecule has 4 rings (SSSR count). The first-order valence-electron chi connectivity index (χ1n) is 9.66. The molecule has 6 nitrogen and oxygen atoms in total. The molecule has 0 saturated heterocycles. The first kappa shape index (κ1) is 19.9. The van der Waals surface area contributed by atoms with E-state index in [4.69, 9.17) is 21.1 Å². The Morgan fingerprint density at radius 1 is 1.21 bits per heavy atom. The van der Waals surface area contributed by atoms with E-state index in [1.807, 2.05) is 12.1 Å². The maximum absolute atomic E-state index is 12.9. The molecule has 0 aliphatic heterocycles. The summed E-state index contributed by atoms with van der Waals surface area (Å²) in [5.74, 6) is 0.169. The van der Waals surface area contributed by atoms with Gasteiger partial charge in [-0.3, -0.25) is 14.2 Å². The quantitative estimate of drug-likeness (QED) is 0.417. The molecule has 0 saturated carbocycles. The van der Waals surface area contributed by atoms with Gasteiger partial charge in [0.15, 0.2) is 0 Å². The van der Waals surface area contributed by atoms with Crippen molar-refractivity contribution in [3.8, 4) is 5.75 Å². The Hall–Kier alpha value is -2.38. The lowest BCUT2D eigenvalue weighted by atomic mass is 9.97. The van der Waals surface area contributed by atoms with Gasteiger partial charge >= 0.3 is 5.97 Å². The highest BCUT2D eigenvalue weighted by Gasteiger charge is 2.20. The standard InChI is InChI=1S/C21H21ClN2O4S/c22-15-6-2-3-7-16(15)27-11-12-28-18(25)9-10-24-13-23-20-19(21(24)26)14-5-1-4-8-17(14)29-20/h2-3,6-7,13H,1,4-5,8-12H2. The van der Waals surface area contributed by atoms with Gasteiger partial charge in [0.1, 0.15) is 23.8 Å². The van der Waals surface area contributed by atoms with E-state index in [1.54, 1.807) is 23.5 Å². The summed E-state index contributed by atoms with van der Waals surface area (Å²) in [5, 5.41) is 1.24. The number of aromatic nitrogens is 2. The highest BCUT2D eigenvalue weighted by molar-refractivity contribution is 7.18. The number of thiophene rings is 1. The van der Waals surface area contributed by atoms with Gasteiger partial charge in [0, 0.05) is 11.4 Å². The van der Waals surface area contributed by atoms with Gasteiger partial charge in [-0.2, -0.15) is 0 Å². The predicted molar refractivity (Wildman–Crippen MR) is 113 cm³/mol. The molecular formula is C21H21ClN2O4S. The van der Waals surface area contributed by atoms with Crippen molar-refractivity contribution < 1.29 is 14.3 Å². The van der Waals surface area contributed by atoms with Crippen molar-refractivity contribution in [3.63, 3.8) is 0 Å². The van der Waals surface area contributed by atoms with Crippen molar-refractivity contribution in [2.45, 2.75) is 38.6 Å². The van der Waals surface area contributed by atoms with Gasteiger partial charge in [-0.1, -0.05) is 23.7 Å². The number of aryl methyl sites for hydroxylation is 3. The summed E-state index contributed by atoms with van der Waals surface area (Å²) in [6.07, 6.45) is 5.86. The molecule has 0 fully saturated rings. The van der Waals surface area contributed by atoms with Crippen LogP contribution in [0.25, 0.3) is 10.2 Å². The molecule has 0 N–H and O–H groups in total. The third-order valence-electron chi connectivity index (χ3n) is 4.94. The van der Waals surface area contributed by atoms with E-state index in [0.717, 1.165) is 35.0 Å². The summed E-state index contributed by atoms with van der Waals surface area (Å²) < 4.78 is 12.2. The fourth-order valence-corrected chi connectivity index (χ4v) is 4.90. The van der Waals surface area contributed by atoms with Crippen LogP contribution in [0.3, 0.4) is 0 Å². The SMILES string of the molecule is O=C(CCn1cnc2sc3c(c2c1=O)CCCC3)OCCOc1ccccc1Cl. The van der Waals surface area contributed by atoms with Gasteiger partial charge in [0.2, 0.25) is 0 Å². The molecule has 1 aliphatic rings. The van der Waals surface area contributed by atoms with Crippen molar-refractivity contribution >= 4 is 39.1 Å². The second-order valence-corrected chi connectivity index (χ2v) is 8.37. The summed E-state index contributed by atoms with van der Waals surface area (Å²) >= 11 is 7.63. The Morgan fingerprint density at radius 2 is 2.03 bits per heavy atom. The van der Waals surface area contributed by atoms with Gasteiger partial charge in [-0.15, -0.1) is 11.3 Å². The molecule has 0 atom stereocenters. The summed E-state index contributed by atoms with van der Waals surface area (Å²) in [6, 6.07) is 7.12. The van der Waals surface area contributed by atoms with Crippen molar-refractivity contribution in [2.24, 2.45) is 0 Å². The minimum atomic E-state index is -0.382. The zero-order valence-corrected chi connectivity index (χ0v) is 17.4. The Bertz CT molecular complexity index is 1090. The van der Waals surface area contributed by atoms with Crippen LogP contribution < -0.4 is 10.3 Å². The summed E-state index contributed by atoms with van der Waals surface area (Å²) in [7, 11) is 0. The number of ether oxygens (including phenoxy) is 2. The lowest BCUT2D eigenvalue weighted by Gasteiger charge is -2.11. The molecular weight excluding hydrogens is 412 g/mol. The number of hydrogen-bond donors (Lipinski definition) is 0. The second-order valence-electron chi connectivity index (χ2n) is 6.88. The second kappa shape index (κ2) is 8.97. The molecule has 3 aromatic rings. The Morgan fingerprint density at radius 3 is 2.90 bits per heavy atom. The van der Waals surface area contributed by atoms with E-state index in [9.17, 15) is 9.59 Å². The fraction of sp³-hybridized carbons (Fsp3) is 0.381. The normalized spacial score (nSPS) is 13.3. The summed E-state index contributed by atoms with van der Waals surface area (Å²) in [5.41, 5.74) is 1.09. The maximum Gasteiger partial charge on any atom is 0.307 e. The highest BCUT2D eigenvalue weighted by Crippen LogP contribution is 2.33. The molecule has 1 aliphatic carbocycles. The van der Waals surface area contributed by atoms with Gasteiger partial charge in [-0.05, 0) is 43.4 Å². The number of nitrogens with zero attached hydrogens (tertiary/aromatic N) is 2. The summed E-state index contributed by atoms with van der Waals surface area (Å²) in [4.78, 5) is 31.4. The Kier molecular flexibility index (Phi) is 6.16. The van der Waals surface area contributed by atoms with Crippen LogP contribution >= 0.6 is 22.9 Å². The highest BCUT2D eigenvalue weighted by atomic mass is 35.5. The van der Waals surface area contributed by atoms with Crippen LogP contribution in [0.4, 0.5) is 0 Å². The van der Waals surface area contributed by atoms with Crippen LogP contribution in [0.5, 0.6) is 5.75 Å². The molecule has 0 amide bonds. The molecule has 0 bridgehead atoms. The monoisotopic (exact) mass is 432 g/mol. The lowest BCUT2D eigenvalue weighted by Crippen LogP contribution is -2.23. The average molecular weight is 433 g/mol. The van der Waals surface area contributed by atoms with E-state index in [2.05, 4.69) is 4.98 Å². The molecule has 0 unspecified atom stereocenters. The van der Waals surface area contributed by atoms with Crippen LogP contribution in [0.15, 0.2) is 35.4 Å². The van der Waals surface area contributed by atoms with Crippen LogP contribution in [0, 0.1) is 0 Å². The maximum atomic E-state index is 12.9. The number of rotatable bonds is 7. The molecule has 29 heavy (non-hydrogen) atoms. The average Bonchev–Trinajstić information content (AvgIpc) is 3.11. The molecule has 152 valence electrons. The van der Waals surface area contributed by atoms with Crippen LogP contribution in [0.2, 0.25) is 5.02 Å². The number of para-hydroxylation sites is 1. The molecule has 2 heterocycles. The van der Waals surface area contributed by atoms with E-state index in [1.165, 1.54) is 22.2 Å². The number of fused-ring (bicyclic) bond motifs is 3. The van der Waals surface area contributed by atoms with E-state index < -0.39 is 0 Å². The Labute approximate surface area is 177 Å². The molecule has 2 aromatic heterocycles. The minimum Gasteiger partial charge on any atom is -0.488 e. The van der Waals surface area contributed by atoms with Crippen molar-refractivity contribution in [1.29, 1.82) is 0 Å². The molecule has 0 radical (unpaired) electrons. The van der Waals surface area contributed by atoms with Gasteiger partial charge in [-0.25, -0.2) is 4.98 Å². The number of esters is 1. The lowest BCUT2D eigenvalue weighted by molar-refractivity contribution is -0.144. The van der Waals surface area contributed by atoms with Crippen LogP contribution in [-0.2, 0) is 28.9 Å². The third-order valence-corrected chi connectivity index (χ3v) is 6.45. The number of carbonyl (C=O) groups is 1. The summed E-state index contributed by atoms with van der Waals surface area (Å²) in [6.45, 7) is 0.578. The van der Waals surface area contributed by atoms with Gasteiger partial charge < -0.3 is 9.47 Å². The van der Waals surface area contributed by atoms with E-state index in [-0.39, 0.29) is 37.7 Å². The minimum absolute atomic E-state index is 0.0655. The number of carbonyl (C=O) groups excluding carboxylic acids is 1. The van der Waals surface area contributed by atoms with E-state index >= 15 is 0 Å². The largest absolute Gasteiger partial charge is 0.488 e. The Balaban J connectivity index is 1.31. The van der Waals surface area contributed by atoms with Crippen molar-refractivity contribution in [1.82, 2.24) is 9.55 Å². The van der Waals surface area contributed by atoms with Crippen LogP contribution in [-0.4, -0.2) is 28.7 Å². The smallest absolute Gasteiger partial charge is 0.307 e. The topological polar surface area (TPSA) is 70.4 Å². The first-order valence-corrected chi connectivity index (χ1v) is 10.9. The van der Waals surface area contributed by atoms with E-state index in [0.29, 0.717) is 10.8 Å². The number of benzene rings is 1. The number of hydrogen-bond acceptors (Lipinski definition) is 6. The molecule has 0 spiro atoms. The predicted octanol–water partition coefficient (Wildman–Crippen LogP) is 4.00.